The van der Waals surface area contributed by atoms with Gasteiger partial charge in [0.1, 0.15) is 11.8 Å². The monoisotopic (exact) mass is 615 g/mol. The molecule has 4 rings (SSSR count). The minimum Gasteiger partial charge on any atom is -0.497 e. The Morgan fingerprint density at radius 1 is 1.09 bits per heavy atom. The third-order valence-corrected chi connectivity index (χ3v) is 7.95. The number of aryl methyl sites for hydroxylation is 1. The van der Waals surface area contributed by atoms with E-state index in [0.29, 0.717) is 38.2 Å². The number of aliphatic hydroxyl groups is 1. The van der Waals surface area contributed by atoms with Crippen LogP contribution in [0.4, 0.5) is 10.5 Å². The Balaban J connectivity index is 1.55. The fraction of sp³-hybridized carbons (Fsp3) is 0.400. The Kier molecular flexibility index (Phi) is 11.2. The van der Waals surface area contributed by atoms with Gasteiger partial charge in [0.15, 0.2) is 0 Å². The van der Waals surface area contributed by atoms with Gasteiger partial charge in [-0.3, -0.25) is 9.59 Å². The summed E-state index contributed by atoms with van der Waals surface area (Å²) in [5.41, 5.74) is 5.16. The summed E-state index contributed by atoms with van der Waals surface area (Å²) in [5.74, 6) is 0.314. The predicted molar refractivity (Wildman–Crippen MR) is 176 cm³/mol. The van der Waals surface area contributed by atoms with Crippen molar-refractivity contribution in [2.24, 2.45) is 0 Å². The van der Waals surface area contributed by atoms with E-state index >= 15 is 0 Å². The molecule has 10 heteroatoms. The lowest BCUT2D eigenvalue weighted by molar-refractivity contribution is -0.128. The van der Waals surface area contributed by atoms with Crippen LogP contribution in [-0.4, -0.2) is 61.3 Å². The molecule has 1 aliphatic heterocycles. The standard InChI is InChI=1S/C35H45N5O5/c1-23(41)20-38-35(2,3)19-32(42)39-30-16-14-26-18-28(45-5)15-17-31(26)40(33(30)43)22-24-10-12-25(13-11-24)29-9-7-6-8-27(29)21-37-34(44)36-4/h6-13,15,17-18,23,30,38,41H,14,16,19-22H2,1-5H3,(H,39,42)(H2,36,37,44)/t23-,30-/m1/s1. The van der Waals surface area contributed by atoms with Crippen LogP contribution < -0.4 is 30.9 Å². The summed E-state index contributed by atoms with van der Waals surface area (Å²) >= 11 is 0. The Morgan fingerprint density at radius 2 is 1.82 bits per heavy atom. The first-order valence-corrected chi connectivity index (χ1v) is 15.3. The second-order valence-electron chi connectivity index (χ2n) is 12.2. The van der Waals surface area contributed by atoms with Crippen molar-refractivity contribution in [1.29, 1.82) is 0 Å². The number of hydrogen-bond acceptors (Lipinski definition) is 6. The number of rotatable bonds is 12. The highest BCUT2D eigenvalue weighted by Gasteiger charge is 2.33. The van der Waals surface area contributed by atoms with E-state index in [2.05, 4.69) is 21.3 Å². The highest BCUT2D eigenvalue weighted by atomic mass is 16.5. The molecule has 0 fully saturated rings. The van der Waals surface area contributed by atoms with Crippen molar-refractivity contribution in [3.63, 3.8) is 0 Å². The molecule has 1 aliphatic rings. The van der Waals surface area contributed by atoms with Crippen molar-refractivity contribution < 1.29 is 24.2 Å². The van der Waals surface area contributed by atoms with E-state index in [9.17, 15) is 19.5 Å². The van der Waals surface area contributed by atoms with Crippen molar-refractivity contribution in [2.75, 3.05) is 25.6 Å². The molecule has 0 saturated heterocycles. The zero-order chi connectivity index (χ0) is 32.6. The lowest BCUT2D eigenvalue weighted by Gasteiger charge is -2.29. The number of urea groups is 1. The molecule has 5 N–H and O–H groups in total. The Bertz CT molecular complexity index is 1490. The van der Waals surface area contributed by atoms with Gasteiger partial charge >= 0.3 is 6.03 Å². The van der Waals surface area contributed by atoms with Gasteiger partial charge in [-0.2, -0.15) is 0 Å². The third kappa shape index (κ3) is 9.06. The van der Waals surface area contributed by atoms with Crippen LogP contribution in [0, 0.1) is 0 Å². The molecule has 3 aromatic rings. The number of nitrogens with one attached hydrogen (secondary N) is 4. The summed E-state index contributed by atoms with van der Waals surface area (Å²) in [6, 6.07) is 20.7. The summed E-state index contributed by atoms with van der Waals surface area (Å²) in [5, 5.41) is 21.3. The van der Waals surface area contributed by atoms with Crippen LogP contribution in [0.1, 0.15) is 50.3 Å². The van der Waals surface area contributed by atoms with Crippen molar-refractivity contribution in [3.8, 4) is 16.9 Å². The number of ether oxygens (including phenoxy) is 1. The highest BCUT2D eigenvalue weighted by Crippen LogP contribution is 2.32. The van der Waals surface area contributed by atoms with Crippen LogP contribution in [0.2, 0.25) is 0 Å². The van der Waals surface area contributed by atoms with E-state index in [4.69, 9.17) is 4.74 Å². The maximum atomic E-state index is 14.1. The summed E-state index contributed by atoms with van der Waals surface area (Å²) in [6.45, 7) is 6.57. The van der Waals surface area contributed by atoms with Gasteiger partial charge in [0.05, 0.1) is 19.8 Å². The summed E-state index contributed by atoms with van der Waals surface area (Å²) in [6.07, 6.45) is 0.687. The quantitative estimate of drug-likeness (QED) is 0.210. The van der Waals surface area contributed by atoms with Crippen molar-refractivity contribution in [2.45, 2.75) is 70.8 Å². The maximum absolute atomic E-state index is 14.1. The van der Waals surface area contributed by atoms with E-state index in [1.54, 1.807) is 26.0 Å². The normalized spacial score (nSPS) is 15.5. The van der Waals surface area contributed by atoms with Crippen LogP contribution in [0.5, 0.6) is 5.75 Å². The second-order valence-corrected chi connectivity index (χ2v) is 12.2. The number of carbonyl (C=O) groups excluding carboxylic acids is 3. The molecule has 0 saturated carbocycles. The van der Waals surface area contributed by atoms with Crippen LogP contribution in [0.3, 0.4) is 0 Å². The number of aliphatic hydroxyl groups excluding tert-OH is 1. The number of anilines is 1. The molecule has 4 amide bonds. The molecule has 3 aromatic carbocycles. The predicted octanol–water partition coefficient (Wildman–Crippen LogP) is 3.89. The van der Waals surface area contributed by atoms with E-state index in [0.717, 1.165) is 33.5 Å². The SMILES string of the molecule is CNC(=O)NCc1ccccc1-c1ccc(CN2C(=O)[C@H](NC(=O)CC(C)(C)NC[C@@H](C)O)CCc3cc(OC)ccc32)cc1. The zero-order valence-corrected chi connectivity index (χ0v) is 26.8. The number of methoxy groups -OCH3 is 1. The van der Waals surface area contributed by atoms with Crippen molar-refractivity contribution >= 4 is 23.5 Å². The zero-order valence-electron chi connectivity index (χ0n) is 26.8. The van der Waals surface area contributed by atoms with Crippen LogP contribution >= 0.6 is 0 Å². The van der Waals surface area contributed by atoms with Gasteiger partial charge in [0, 0.05) is 37.8 Å². The number of carbonyl (C=O) groups is 3. The largest absolute Gasteiger partial charge is 0.497 e. The Morgan fingerprint density at radius 3 is 2.51 bits per heavy atom. The molecular weight excluding hydrogens is 570 g/mol. The van der Waals surface area contributed by atoms with Gasteiger partial charge in [-0.15, -0.1) is 0 Å². The molecule has 10 nitrogen and oxygen atoms in total. The first-order valence-electron chi connectivity index (χ1n) is 15.3. The fourth-order valence-corrected chi connectivity index (χ4v) is 5.51. The molecule has 0 radical (unpaired) electrons. The molecule has 240 valence electrons. The molecule has 0 bridgehead atoms. The molecular formula is C35H45N5O5. The van der Waals surface area contributed by atoms with Gasteiger partial charge < -0.3 is 36.0 Å². The molecule has 2 atom stereocenters. The van der Waals surface area contributed by atoms with E-state index in [1.807, 2.05) is 80.6 Å². The molecule has 1 heterocycles. The van der Waals surface area contributed by atoms with Gasteiger partial charge in [-0.1, -0.05) is 48.5 Å². The van der Waals surface area contributed by atoms with Gasteiger partial charge in [-0.05, 0) is 79.6 Å². The minimum absolute atomic E-state index is 0.159. The number of fused-ring (bicyclic) bond motifs is 1. The van der Waals surface area contributed by atoms with Gasteiger partial charge in [-0.25, -0.2) is 4.79 Å². The highest BCUT2D eigenvalue weighted by molar-refractivity contribution is 6.00. The number of amides is 4. The number of β-amino-alcohol motifs (C(OH)–C–C–N with tert-alkyl or cyclic N) is 1. The second kappa shape index (κ2) is 15.0. The average Bonchev–Trinajstić information content (AvgIpc) is 3.15. The summed E-state index contributed by atoms with van der Waals surface area (Å²) in [7, 11) is 3.20. The van der Waals surface area contributed by atoms with E-state index < -0.39 is 17.7 Å². The molecule has 0 unspecified atom stereocenters. The smallest absolute Gasteiger partial charge is 0.314 e. The van der Waals surface area contributed by atoms with Crippen molar-refractivity contribution in [1.82, 2.24) is 21.3 Å². The van der Waals surface area contributed by atoms with E-state index in [1.165, 1.54) is 0 Å². The maximum Gasteiger partial charge on any atom is 0.314 e. The van der Waals surface area contributed by atoms with Crippen LogP contribution in [-0.2, 0) is 29.1 Å². The minimum atomic E-state index is -0.692. The number of hydrogen-bond donors (Lipinski definition) is 5. The lowest BCUT2D eigenvalue weighted by Crippen LogP contribution is -2.51. The van der Waals surface area contributed by atoms with Crippen LogP contribution in [0.25, 0.3) is 11.1 Å². The summed E-state index contributed by atoms with van der Waals surface area (Å²) in [4.78, 5) is 40.7. The van der Waals surface area contributed by atoms with Crippen molar-refractivity contribution in [3.05, 3.63) is 83.4 Å². The number of benzene rings is 3. The lowest BCUT2D eigenvalue weighted by atomic mass is 9.98. The molecule has 0 aliphatic carbocycles. The van der Waals surface area contributed by atoms with Gasteiger partial charge in [0.25, 0.3) is 0 Å². The third-order valence-electron chi connectivity index (χ3n) is 7.95. The fourth-order valence-electron chi connectivity index (χ4n) is 5.51. The average molecular weight is 616 g/mol. The van der Waals surface area contributed by atoms with E-state index in [-0.39, 0.29) is 24.3 Å². The molecule has 45 heavy (non-hydrogen) atoms. The first kappa shape index (κ1) is 33.5. The topological polar surface area (TPSA) is 132 Å². The van der Waals surface area contributed by atoms with Gasteiger partial charge in [0.2, 0.25) is 11.8 Å². The Hall–Kier alpha value is -4.41. The van der Waals surface area contributed by atoms with Crippen LogP contribution in [0.15, 0.2) is 66.7 Å². The summed E-state index contributed by atoms with van der Waals surface area (Å²) < 4.78 is 5.46. The molecule has 0 spiro atoms. The Labute approximate surface area is 265 Å². The number of nitrogens with zero attached hydrogens (tertiary/aromatic N) is 1. The first-order chi connectivity index (χ1) is 21.5. The molecule has 0 aromatic heterocycles.